The molecular formula is C11H14O3. The van der Waals surface area contributed by atoms with Crippen molar-refractivity contribution in [3.05, 3.63) is 49.3 Å². The number of hydrogen-bond donors (Lipinski definition) is 0. The Bertz CT molecular complexity index is 262. The summed E-state index contributed by atoms with van der Waals surface area (Å²) in [4.78, 5) is 10.5. The van der Waals surface area contributed by atoms with Crippen LogP contribution in [0.2, 0.25) is 0 Å². The van der Waals surface area contributed by atoms with Crippen LogP contribution < -0.4 is 0 Å². The summed E-state index contributed by atoms with van der Waals surface area (Å²) in [6.45, 7) is 7.30. The van der Waals surface area contributed by atoms with E-state index < -0.39 is 6.16 Å². The van der Waals surface area contributed by atoms with Crippen molar-refractivity contribution in [2.75, 3.05) is 7.11 Å². The number of methoxy groups -OCH3 is 1. The van der Waals surface area contributed by atoms with Crippen molar-refractivity contribution in [2.24, 2.45) is 0 Å². The predicted molar refractivity (Wildman–Crippen MR) is 55.7 cm³/mol. The molecule has 0 radical (unpaired) electrons. The van der Waals surface area contributed by atoms with Crippen LogP contribution in [0.5, 0.6) is 0 Å². The topological polar surface area (TPSA) is 35.5 Å². The van der Waals surface area contributed by atoms with Gasteiger partial charge in [0.15, 0.2) is 0 Å². The van der Waals surface area contributed by atoms with Gasteiger partial charge >= 0.3 is 6.16 Å². The molecule has 0 unspecified atom stereocenters. The minimum absolute atomic E-state index is 0.612. The Kier molecular flexibility index (Phi) is 6.86. The van der Waals surface area contributed by atoms with Gasteiger partial charge in [-0.15, -0.1) is 0 Å². The van der Waals surface area contributed by atoms with E-state index in [1.165, 1.54) is 13.4 Å². The summed E-state index contributed by atoms with van der Waals surface area (Å²) < 4.78 is 8.78. The van der Waals surface area contributed by atoms with Crippen LogP contribution in [0.15, 0.2) is 49.3 Å². The highest BCUT2D eigenvalue weighted by atomic mass is 16.7. The van der Waals surface area contributed by atoms with E-state index in [0.717, 1.165) is 5.57 Å². The van der Waals surface area contributed by atoms with E-state index in [1.807, 2.05) is 6.08 Å². The van der Waals surface area contributed by atoms with Crippen LogP contribution in [0.25, 0.3) is 0 Å². The Hall–Kier alpha value is -1.77. The third-order valence-corrected chi connectivity index (χ3v) is 1.28. The molecule has 0 bridgehead atoms. The van der Waals surface area contributed by atoms with E-state index in [0.29, 0.717) is 6.42 Å². The molecule has 0 aliphatic carbocycles. The monoisotopic (exact) mass is 194 g/mol. The second-order valence-electron chi connectivity index (χ2n) is 2.40. The zero-order valence-electron chi connectivity index (χ0n) is 8.23. The van der Waals surface area contributed by atoms with Crippen LogP contribution in [-0.2, 0) is 9.47 Å². The number of allylic oxidation sites excluding steroid dienone is 5. The highest BCUT2D eigenvalue weighted by Gasteiger charge is 1.93. The Morgan fingerprint density at radius 2 is 2.21 bits per heavy atom. The molecule has 3 nitrogen and oxygen atoms in total. The summed E-state index contributed by atoms with van der Waals surface area (Å²) in [5, 5.41) is 0. The molecule has 0 amide bonds. The van der Waals surface area contributed by atoms with Gasteiger partial charge in [-0.1, -0.05) is 37.0 Å². The largest absolute Gasteiger partial charge is 0.512 e. The van der Waals surface area contributed by atoms with Gasteiger partial charge in [0.2, 0.25) is 0 Å². The first kappa shape index (κ1) is 12.2. The first-order valence-corrected chi connectivity index (χ1v) is 4.07. The third-order valence-electron chi connectivity index (χ3n) is 1.28. The summed E-state index contributed by atoms with van der Waals surface area (Å²) in [6.07, 6.45) is 8.12. The fourth-order valence-corrected chi connectivity index (χ4v) is 0.623. The van der Waals surface area contributed by atoms with E-state index in [4.69, 9.17) is 0 Å². The molecule has 0 aliphatic rings. The standard InChI is InChI=1S/C11H14O3/c1-4-5-7-10(2)8-6-9-14-11(12)13-3/h4-7,9H,1-2,8H2,3H3. The minimum Gasteiger partial charge on any atom is -0.437 e. The van der Waals surface area contributed by atoms with Gasteiger partial charge in [-0.25, -0.2) is 4.79 Å². The first-order valence-electron chi connectivity index (χ1n) is 4.07. The maximum Gasteiger partial charge on any atom is 0.512 e. The van der Waals surface area contributed by atoms with Crippen LogP contribution >= 0.6 is 0 Å². The van der Waals surface area contributed by atoms with Crippen molar-refractivity contribution in [3.63, 3.8) is 0 Å². The van der Waals surface area contributed by atoms with Gasteiger partial charge in [0, 0.05) is 0 Å². The maximum absolute atomic E-state index is 10.5. The van der Waals surface area contributed by atoms with Crippen LogP contribution in [0.1, 0.15) is 6.42 Å². The molecule has 0 saturated carbocycles. The average Bonchev–Trinajstić information content (AvgIpc) is 2.21. The minimum atomic E-state index is -0.728. The molecule has 0 aromatic rings. The van der Waals surface area contributed by atoms with Crippen molar-refractivity contribution in [1.29, 1.82) is 0 Å². The average molecular weight is 194 g/mol. The Morgan fingerprint density at radius 1 is 1.50 bits per heavy atom. The van der Waals surface area contributed by atoms with Crippen molar-refractivity contribution in [3.8, 4) is 0 Å². The molecule has 0 aliphatic heterocycles. The van der Waals surface area contributed by atoms with Crippen molar-refractivity contribution in [1.82, 2.24) is 0 Å². The van der Waals surface area contributed by atoms with Crippen LogP contribution in [0.4, 0.5) is 4.79 Å². The Morgan fingerprint density at radius 3 is 2.79 bits per heavy atom. The summed E-state index contributed by atoms with van der Waals surface area (Å²) in [5.74, 6) is 0. The van der Waals surface area contributed by atoms with Crippen molar-refractivity contribution >= 4 is 6.16 Å². The SMILES string of the molecule is C=CC=CC(=C)CC=COC(=O)OC. The van der Waals surface area contributed by atoms with Crippen molar-refractivity contribution < 1.29 is 14.3 Å². The van der Waals surface area contributed by atoms with Gasteiger partial charge in [0.05, 0.1) is 13.4 Å². The molecule has 0 rings (SSSR count). The number of hydrogen-bond acceptors (Lipinski definition) is 3. The molecule has 0 fully saturated rings. The van der Waals surface area contributed by atoms with Crippen LogP contribution in [0, 0.1) is 0 Å². The quantitative estimate of drug-likeness (QED) is 0.383. The van der Waals surface area contributed by atoms with E-state index in [1.54, 1.807) is 18.2 Å². The molecule has 3 heteroatoms. The van der Waals surface area contributed by atoms with E-state index in [-0.39, 0.29) is 0 Å². The third kappa shape index (κ3) is 6.91. The van der Waals surface area contributed by atoms with Gasteiger partial charge in [0.25, 0.3) is 0 Å². The van der Waals surface area contributed by atoms with Gasteiger partial charge in [-0.05, 0) is 12.5 Å². The second-order valence-corrected chi connectivity index (χ2v) is 2.40. The zero-order valence-corrected chi connectivity index (χ0v) is 8.23. The van der Waals surface area contributed by atoms with Gasteiger partial charge in [0.1, 0.15) is 0 Å². The maximum atomic E-state index is 10.5. The lowest BCUT2D eigenvalue weighted by atomic mass is 10.2. The highest BCUT2D eigenvalue weighted by molar-refractivity contribution is 5.60. The highest BCUT2D eigenvalue weighted by Crippen LogP contribution is 2.01. The van der Waals surface area contributed by atoms with E-state index in [2.05, 4.69) is 22.6 Å². The summed E-state index contributed by atoms with van der Waals surface area (Å²) >= 11 is 0. The van der Waals surface area contributed by atoms with E-state index >= 15 is 0 Å². The lowest BCUT2D eigenvalue weighted by Crippen LogP contribution is -1.97. The molecule has 0 spiro atoms. The molecule has 0 N–H and O–H groups in total. The van der Waals surface area contributed by atoms with Crippen LogP contribution in [-0.4, -0.2) is 13.3 Å². The number of ether oxygens (including phenoxy) is 2. The molecular weight excluding hydrogens is 180 g/mol. The summed E-state index contributed by atoms with van der Waals surface area (Å²) in [5.41, 5.74) is 0.898. The smallest absolute Gasteiger partial charge is 0.437 e. The fourth-order valence-electron chi connectivity index (χ4n) is 0.623. The number of carbonyl (C=O) groups is 1. The Labute approximate surface area is 84.0 Å². The number of rotatable bonds is 5. The molecule has 0 aromatic heterocycles. The molecule has 0 atom stereocenters. The van der Waals surface area contributed by atoms with Crippen molar-refractivity contribution in [2.45, 2.75) is 6.42 Å². The molecule has 14 heavy (non-hydrogen) atoms. The van der Waals surface area contributed by atoms with Gasteiger partial charge < -0.3 is 9.47 Å². The van der Waals surface area contributed by atoms with Gasteiger partial charge in [-0.2, -0.15) is 0 Å². The molecule has 0 heterocycles. The lowest BCUT2D eigenvalue weighted by molar-refractivity contribution is 0.105. The molecule has 0 saturated heterocycles. The second kappa shape index (κ2) is 7.86. The lowest BCUT2D eigenvalue weighted by Gasteiger charge is -1.95. The molecule has 0 aromatic carbocycles. The first-order chi connectivity index (χ1) is 6.70. The van der Waals surface area contributed by atoms with Crippen LogP contribution in [0.3, 0.4) is 0 Å². The normalized spacial score (nSPS) is 10.4. The zero-order chi connectivity index (χ0) is 10.8. The molecule has 76 valence electrons. The summed E-state index contributed by atoms with van der Waals surface area (Å²) in [6, 6.07) is 0. The summed E-state index contributed by atoms with van der Waals surface area (Å²) in [7, 11) is 1.25. The number of carbonyl (C=O) groups excluding carboxylic acids is 1. The van der Waals surface area contributed by atoms with E-state index in [9.17, 15) is 4.79 Å². The Balaban J connectivity index is 3.71. The van der Waals surface area contributed by atoms with Gasteiger partial charge in [-0.3, -0.25) is 0 Å². The fraction of sp³-hybridized carbons (Fsp3) is 0.182. The predicted octanol–water partition coefficient (Wildman–Crippen LogP) is 2.97.